The van der Waals surface area contributed by atoms with E-state index >= 15 is 0 Å². The molecule has 0 radical (unpaired) electrons. The summed E-state index contributed by atoms with van der Waals surface area (Å²) in [6, 6.07) is 2.03. The van der Waals surface area contributed by atoms with Crippen molar-refractivity contribution in [3.05, 3.63) is 21.9 Å². The van der Waals surface area contributed by atoms with Gasteiger partial charge in [-0.05, 0) is 31.7 Å². The fourth-order valence-electron chi connectivity index (χ4n) is 3.16. The van der Waals surface area contributed by atoms with Crippen molar-refractivity contribution in [1.29, 1.82) is 0 Å². The molecule has 4 nitrogen and oxygen atoms in total. The molecule has 1 aliphatic heterocycles. The molecule has 0 spiro atoms. The van der Waals surface area contributed by atoms with Crippen molar-refractivity contribution in [2.75, 3.05) is 33.4 Å². The second-order valence-electron chi connectivity index (χ2n) is 6.28. The third-order valence-corrected chi connectivity index (χ3v) is 5.51. The molecule has 0 aromatic carbocycles. The van der Waals surface area contributed by atoms with Crippen molar-refractivity contribution < 1.29 is 14.6 Å². The van der Waals surface area contributed by atoms with Gasteiger partial charge in [0.2, 0.25) is 0 Å². The van der Waals surface area contributed by atoms with E-state index in [0.29, 0.717) is 13.2 Å². The number of nitrogens with zero attached hydrogens (tertiary/aromatic N) is 1. The smallest absolute Gasteiger partial charge is 0.254 e. The fraction of sp³-hybridized carbons (Fsp3) is 0.706. The number of aliphatic hydroxyl groups is 1. The molecule has 22 heavy (non-hydrogen) atoms. The Labute approximate surface area is 137 Å². The Kier molecular flexibility index (Phi) is 6.41. The van der Waals surface area contributed by atoms with Crippen LogP contribution >= 0.6 is 11.3 Å². The number of carbonyl (C=O) groups excluding carboxylic acids is 1. The normalized spacial score (nSPS) is 22.0. The highest BCUT2D eigenvalue weighted by atomic mass is 32.1. The maximum Gasteiger partial charge on any atom is 0.254 e. The van der Waals surface area contributed by atoms with Gasteiger partial charge in [0.05, 0.1) is 12.2 Å². The molecular weight excluding hydrogens is 298 g/mol. The molecule has 0 saturated carbocycles. The van der Waals surface area contributed by atoms with Crippen LogP contribution in [0.25, 0.3) is 0 Å². The number of piperidine rings is 1. The second-order valence-corrected chi connectivity index (χ2v) is 7.28. The van der Waals surface area contributed by atoms with Crippen LogP contribution in [0.4, 0.5) is 0 Å². The lowest BCUT2D eigenvalue weighted by Gasteiger charge is -2.41. The topological polar surface area (TPSA) is 49.8 Å². The summed E-state index contributed by atoms with van der Waals surface area (Å²) in [7, 11) is 1.68. The first kappa shape index (κ1) is 17.4. The van der Waals surface area contributed by atoms with E-state index < -0.39 is 0 Å². The van der Waals surface area contributed by atoms with Crippen molar-refractivity contribution in [3.63, 3.8) is 0 Å². The van der Waals surface area contributed by atoms with Gasteiger partial charge in [-0.3, -0.25) is 4.79 Å². The number of methoxy groups -OCH3 is 1. The number of rotatable bonds is 7. The third-order valence-electron chi connectivity index (χ3n) is 4.52. The van der Waals surface area contributed by atoms with Crippen LogP contribution in [-0.2, 0) is 11.2 Å². The summed E-state index contributed by atoms with van der Waals surface area (Å²) in [6.07, 6.45) is 4.84. The summed E-state index contributed by atoms with van der Waals surface area (Å²) in [4.78, 5) is 15.9. The highest BCUT2D eigenvalue weighted by molar-refractivity contribution is 7.10. The van der Waals surface area contributed by atoms with E-state index in [1.54, 1.807) is 18.4 Å². The van der Waals surface area contributed by atoms with Crippen molar-refractivity contribution in [3.8, 4) is 0 Å². The number of amides is 1. The molecule has 1 saturated heterocycles. The van der Waals surface area contributed by atoms with Crippen LogP contribution in [0.5, 0.6) is 0 Å². The highest BCUT2D eigenvalue weighted by Gasteiger charge is 2.36. The zero-order valence-electron chi connectivity index (χ0n) is 13.6. The summed E-state index contributed by atoms with van der Waals surface area (Å²) in [6.45, 7) is 4.31. The van der Waals surface area contributed by atoms with Gasteiger partial charge in [0, 0.05) is 42.5 Å². The number of ether oxygens (including phenoxy) is 1. The van der Waals surface area contributed by atoms with Gasteiger partial charge >= 0.3 is 0 Å². The number of aliphatic hydroxyl groups excluding tert-OH is 1. The third kappa shape index (κ3) is 4.09. The molecule has 1 N–H and O–H groups in total. The van der Waals surface area contributed by atoms with E-state index in [-0.39, 0.29) is 17.9 Å². The summed E-state index contributed by atoms with van der Waals surface area (Å²) in [5, 5.41) is 11.8. The first-order valence-electron chi connectivity index (χ1n) is 8.10. The van der Waals surface area contributed by atoms with Gasteiger partial charge in [-0.2, -0.15) is 0 Å². The largest absolute Gasteiger partial charge is 0.396 e. The van der Waals surface area contributed by atoms with Crippen LogP contribution in [0, 0.1) is 5.41 Å². The molecule has 1 fully saturated rings. The Morgan fingerprint density at radius 2 is 2.36 bits per heavy atom. The molecule has 0 unspecified atom stereocenters. The number of hydrogen-bond acceptors (Lipinski definition) is 4. The average molecular weight is 325 g/mol. The van der Waals surface area contributed by atoms with Crippen molar-refractivity contribution in [2.24, 2.45) is 5.41 Å². The van der Waals surface area contributed by atoms with E-state index in [1.807, 2.05) is 16.3 Å². The van der Waals surface area contributed by atoms with Crippen LogP contribution in [0.15, 0.2) is 11.4 Å². The molecule has 1 aromatic rings. The molecule has 5 heteroatoms. The molecule has 1 aliphatic rings. The molecule has 1 aromatic heterocycles. The predicted molar refractivity (Wildman–Crippen MR) is 89.5 cm³/mol. The van der Waals surface area contributed by atoms with Gasteiger partial charge in [0.25, 0.3) is 5.91 Å². The standard InChI is InChI=1S/C17H27NO3S/c1-3-5-15-10-14(11-22-15)16(20)18-8-4-6-17(12-18,13-19)7-9-21-2/h10-11,19H,3-9,12-13H2,1-2H3/t17-/m0/s1. The van der Waals surface area contributed by atoms with Gasteiger partial charge in [0.15, 0.2) is 0 Å². The zero-order valence-corrected chi connectivity index (χ0v) is 14.5. The van der Waals surface area contributed by atoms with Crippen LogP contribution in [-0.4, -0.2) is 49.3 Å². The SMILES string of the molecule is CCCc1cc(C(=O)N2CCC[C@](CO)(CCOC)C2)cs1. The Bertz CT molecular complexity index is 488. The fourth-order valence-corrected chi connectivity index (χ4v) is 4.13. The number of aryl methyl sites for hydroxylation is 1. The van der Waals surface area contributed by atoms with Crippen molar-refractivity contribution >= 4 is 17.2 Å². The Morgan fingerprint density at radius 1 is 1.55 bits per heavy atom. The van der Waals surface area contributed by atoms with E-state index in [1.165, 1.54) is 4.88 Å². The molecule has 1 amide bonds. The van der Waals surface area contributed by atoms with Crippen molar-refractivity contribution in [2.45, 2.75) is 39.0 Å². The average Bonchev–Trinajstić information content (AvgIpc) is 3.01. The summed E-state index contributed by atoms with van der Waals surface area (Å²) < 4.78 is 5.17. The summed E-state index contributed by atoms with van der Waals surface area (Å²) >= 11 is 1.67. The lowest BCUT2D eigenvalue weighted by atomic mass is 9.78. The minimum absolute atomic E-state index is 0.105. The Balaban J connectivity index is 2.05. The minimum Gasteiger partial charge on any atom is -0.396 e. The van der Waals surface area contributed by atoms with Crippen LogP contribution < -0.4 is 0 Å². The molecule has 0 aliphatic carbocycles. The van der Waals surface area contributed by atoms with Gasteiger partial charge in [-0.15, -0.1) is 11.3 Å². The molecule has 2 rings (SSSR count). The van der Waals surface area contributed by atoms with E-state index in [9.17, 15) is 9.90 Å². The number of likely N-dealkylation sites (tertiary alicyclic amines) is 1. The first-order valence-corrected chi connectivity index (χ1v) is 8.98. The summed E-state index contributed by atoms with van der Waals surface area (Å²) in [5.41, 5.74) is 0.598. The second kappa shape index (κ2) is 8.09. The Morgan fingerprint density at radius 3 is 3.05 bits per heavy atom. The van der Waals surface area contributed by atoms with E-state index in [4.69, 9.17) is 4.74 Å². The molecule has 2 heterocycles. The monoisotopic (exact) mass is 325 g/mol. The molecule has 1 atom stereocenters. The van der Waals surface area contributed by atoms with Gasteiger partial charge in [-0.25, -0.2) is 0 Å². The highest BCUT2D eigenvalue weighted by Crippen LogP contribution is 2.34. The van der Waals surface area contributed by atoms with Crippen molar-refractivity contribution in [1.82, 2.24) is 4.90 Å². The van der Waals surface area contributed by atoms with Crippen LogP contribution in [0.1, 0.15) is 47.8 Å². The maximum absolute atomic E-state index is 12.7. The molecular formula is C17H27NO3S. The lowest BCUT2D eigenvalue weighted by molar-refractivity contribution is 0.00900. The van der Waals surface area contributed by atoms with Gasteiger partial charge < -0.3 is 14.7 Å². The first-order chi connectivity index (χ1) is 10.6. The molecule has 0 bridgehead atoms. The van der Waals surface area contributed by atoms with Crippen LogP contribution in [0.2, 0.25) is 0 Å². The summed E-state index contributed by atoms with van der Waals surface area (Å²) in [5.74, 6) is 0.105. The predicted octanol–water partition coefficient (Wildman–Crippen LogP) is 2.95. The maximum atomic E-state index is 12.7. The van der Waals surface area contributed by atoms with E-state index in [0.717, 1.165) is 44.2 Å². The van der Waals surface area contributed by atoms with Gasteiger partial charge in [-0.1, -0.05) is 13.3 Å². The Hall–Kier alpha value is -0.910. The quantitative estimate of drug-likeness (QED) is 0.838. The zero-order chi connectivity index (χ0) is 16.0. The van der Waals surface area contributed by atoms with E-state index in [2.05, 4.69) is 6.92 Å². The number of hydrogen-bond donors (Lipinski definition) is 1. The van der Waals surface area contributed by atoms with Gasteiger partial charge in [0.1, 0.15) is 0 Å². The lowest BCUT2D eigenvalue weighted by Crippen LogP contribution is -2.48. The minimum atomic E-state index is -0.202. The molecule has 124 valence electrons. The number of thiophene rings is 1. The van der Waals surface area contributed by atoms with Crippen LogP contribution in [0.3, 0.4) is 0 Å². The number of carbonyl (C=O) groups is 1.